The molecule has 1 aromatic carbocycles. The molecule has 0 bridgehead atoms. The first-order chi connectivity index (χ1) is 8.61. The van der Waals surface area contributed by atoms with Crippen LogP contribution in [-0.4, -0.2) is 30.9 Å². The van der Waals surface area contributed by atoms with Crippen LogP contribution in [-0.2, 0) is 0 Å². The molecule has 0 radical (unpaired) electrons. The monoisotopic (exact) mass is 244 g/mol. The zero-order valence-electron chi connectivity index (χ0n) is 11.3. The zero-order chi connectivity index (χ0) is 13.5. The van der Waals surface area contributed by atoms with Crippen LogP contribution in [0.3, 0.4) is 0 Å². The minimum absolute atomic E-state index is 0.0470. The molecule has 0 atom stereocenters. The summed E-state index contributed by atoms with van der Waals surface area (Å²) in [7, 11) is 1.82. The highest BCUT2D eigenvalue weighted by Crippen LogP contribution is 2.14. The fourth-order valence-corrected chi connectivity index (χ4v) is 1.79. The van der Waals surface area contributed by atoms with Crippen molar-refractivity contribution in [1.29, 1.82) is 0 Å². The molecule has 0 spiro atoms. The fourth-order valence-electron chi connectivity index (χ4n) is 1.79. The second kappa shape index (κ2) is 6.83. The molecule has 0 saturated heterocycles. The largest absolute Gasteiger partial charge is 0.342 e. The first kappa shape index (κ1) is 14.3. The molecule has 1 rings (SSSR count). The van der Waals surface area contributed by atoms with E-state index in [0.717, 1.165) is 29.7 Å². The summed E-state index contributed by atoms with van der Waals surface area (Å²) in [5.41, 5.74) is 7.87. The van der Waals surface area contributed by atoms with E-state index in [4.69, 9.17) is 5.73 Å². The first-order valence-corrected chi connectivity index (χ1v) is 6.15. The van der Waals surface area contributed by atoms with Crippen molar-refractivity contribution in [2.45, 2.75) is 20.3 Å². The van der Waals surface area contributed by atoms with Crippen LogP contribution in [0.2, 0.25) is 0 Å². The minimum atomic E-state index is 0.0470. The summed E-state index contributed by atoms with van der Waals surface area (Å²) in [6.07, 6.45) is 0.952. The second-order valence-electron chi connectivity index (χ2n) is 4.21. The van der Waals surface area contributed by atoms with Crippen LogP contribution in [0.15, 0.2) is 18.2 Å². The summed E-state index contributed by atoms with van der Waals surface area (Å²) in [6, 6.07) is 5.62. The smallest absolute Gasteiger partial charge is 0.253 e. The van der Waals surface area contributed by atoms with E-state index in [2.05, 4.69) is 18.8 Å². The maximum atomic E-state index is 12.2. The molecule has 3 heteroatoms. The van der Waals surface area contributed by atoms with Crippen molar-refractivity contribution >= 4 is 5.91 Å². The van der Waals surface area contributed by atoms with Gasteiger partial charge in [-0.25, -0.2) is 0 Å². The number of amides is 1. The van der Waals surface area contributed by atoms with Gasteiger partial charge in [-0.15, -0.1) is 0 Å². The third-order valence-corrected chi connectivity index (χ3v) is 2.80. The van der Waals surface area contributed by atoms with E-state index in [9.17, 15) is 4.79 Å². The van der Waals surface area contributed by atoms with Crippen LogP contribution in [0.5, 0.6) is 0 Å². The van der Waals surface area contributed by atoms with Crippen molar-refractivity contribution < 1.29 is 4.79 Å². The van der Waals surface area contributed by atoms with Gasteiger partial charge in [0.25, 0.3) is 5.91 Å². The highest BCUT2D eigenvalue weighted by Gasteiger charge is 2.14. The molecule has 0 saturated carbocycles. The van der Waals surface area contributed by atoms with Gasteiger partial charge in [-0.1, -0.05) is 24.8 Å². The molecule has 3 nitrogen and oxygen atoms in total. The van der Waals surface area contributed by atoms with E-state index in [-0.39, 0.29) is 5.91 Å². The molecule has 0 aliphatic rings. The lowest BCUT2D eigenvalue weighted by atomic mass is 10.0. The molecule has 2 N–H and O–H groups in total. The third kappa shape index (κ3) is 3.35. The Morgan fingerprint density at radius 3 is 2.78 bits per heavy atom. The van der Waals surface area contributed by atoms with Crippen LogP contribution >= 0.6 is 0 Å². The summed E-state index contributed by atoms with van der Waals surface area (Å²) in [4.78, 5) is 14.0. The topological polar surface area (TPSA) is 46.3 Å². The van der Waals surface area contributed by atoms with Crippen LogP contribution in [0.4, 0.5) is 0 Å². The molecule has 96 valence electrons. The van der Waals surface area contributed by atoms with Crippen LogP contribution in [0.1, 0.15) is 34.8 Å². The lowest BCUT2D eigenvalue weighted by molar-refractivity contribution is 0.0794. The van der Waals surface area contributed by atoms with E-state index in [0.29, 0.717) is 6.54 Å². The number of rotatable bonds is 3. The van der Waals surface area contributed by atoms with Gasteiger partial charge >= 0.3 is 0 Å². The lowest BCUT2D eigenvalue weighted by Gasteiger charge is -2.17. The molecule has 1 amide bonds. The molecule has 0 aliphatic heterocycles. The fraction of sp³-hybridized carbons (Fsp3) is 0.400. The zero-order valence-corrected chi connectivity index (χ0v) is 11.3. The minimum Gasteiger partial charge on any atom is -0.342 e. The Kier molecular flexibility index (Phi) is 5.41. The van der Waals surface area contributed by atoms with E-state index in [1.54, 1.807) is 4.90 Å². The van der Waals surface area contributed by atoms with Crippen molar-refractivity contribution in [2.75, 3.05) is 20.1 Å². The summed E-state index contributed by atoms with van der Waals surface area (Å²) >= 11 is 0. The second-order valence-corrected chi connectivity index (χ2v) is 4.21. The van der Waals surface area contributed by atoms with Gasteiger partial charge in [-0.2, -0.15) is 0 Å². The van der Waals surface area contributed by atoms with E-state index < -0.39 is 0 Å². The summed E-state index contributed by atoms with van der Waals surface area (Å²) in [6.45, 7) is 5.07. The normalized spacial score (nSPS) is 9.56. The number of benzene rings is 1. The molecule has 0 fully saturated rings. The highest BCUT2D eigenvalue weighted by molar-refractivity contribution is 5.96. The Morgan fingerprint density at radius 1 is 1.44 bits per heavy atom. The maximum Gasteiger partial charge on any atom is 0.253 e. The average Bonchev–Trinajstić information content (AvgIpc) is 2.37. The number of nitrogens with two attached hydrogens (primary N) is 1. The van der Waals surface area contributed by atoms with Gasteiger partial charge in [0.2, 0.25) is 0 Å². The summed E-state index contributed by atoms with van der Waals surface area (Å²) in [5.74, 6) is 5.86. The van der Waals surface area contributed by atoms with Gasteiger partial charge in [-0.3, -0.25) is 4.79 Å². The van der Waals surface area contributed by atoms with Crippen LogP contribution < -0.4 is 5.73 Å². The van der Waals surface area contributed by atoms with Crippen molar-refractivity contribution in [1.82, 2.24) is 4.90 Å². The molecule has 0 aliphatic carbocycles. The molecular formula is C15H20N2O. The Hall–Kier alpha value is -1.79. The number of nitrogens with zero attached hydrogens (tertiary/aromatic N) is 1. The Morgan fingerprint density at radius 2 is 2.17 bits per heavy atom. The van der Waals surface area contributed by atoms with Gasteiger partial charge in [0.05, 0.1) is 6.54 Å². The number of hydrogen-bond acceptors (Lipinski definition) is 2. The predicted octanol–water partition coefficient (Wildman–Crippen LogP) is 1.79. The predicted molar refractivity (Wildman–Crippen MR) is 74.4 cm³/mol. The van der Waals surface area contributed by atoms with Gasteiger partial charge in [0, 0.05) is 24.7 Å². The quantitative estimate of drug-likeness (QED) is 0.824. The molecule has 0 heterocycles. The number of carbonyl (C=O) groups excluding carboxylic acids is 1. The Balaban J connectivity index is 3.07. The third-order valence-electron chi connectivity index (χ3n) is 2.80. The van der Waals surface area contributed by atoms with E-state index in [1.807, 2.05) is 32.2 Å². The van der Waals surface area contributed by atoms with Gasteiger partial charge in [0.15, 0.2) is 0 Å². The molecular weight excluding hydrogens is 224 g/mol. The van der Waals surface area contributed by atoms with Gasteiger partial charge in [0.1, 0.15) is 0 Å². The van der Waals surface area contributed by atoms with Crippen molar-refractivity contribution in [3.63, 3.8) is 0 Å². The van der Waals surface area contributed by atoms with E-state index >= 15 is 0 Å². The SMILES string of the molecule is CCCN(C)C(=O)c1cccc(C#CCN)c1C. The van der Waals surface area contributed by atoms with Crippen molar-refractivity contribution in [2.24, 2.45) is 5.73 Å². The van der Waals surface area contributed by atoms with Crippen molar-refractivity contribution in [3.8, 4) is 11.8 Å². The highest BCUT2D eigenvalue weighted by atomic mass is 16.2. The van der Waals surface area contributed by atoms with Crippen LogP contribution in [0, 0.1) is 18.8 Å². The van der Waals surface area contributed by atoms with Crippen LogP contribution in [0.25, 0.3) is 0 Å². The standard InChI is InChI=1S/C15H20N2O/c1-4-11-17(3)15(18)14-9-5-7-13(12(14)2)8-6-10-16/h5,7,9H,4,10-11,16H2,1-3H3. The average molecular weight is 244 g/mol. The maximum absolute atomic E-state index is 12.2. The summed E-state index contributed by atoms with van der Waals surface area (Å²) in [5, 5.41) is 0. The van der Waals surface area contributed by atoms with Gasteiger partial charge in [-0.05, 0) is 31.0 Å². The Labute approximate surface area is 109 Å². The molecule has 0 aromatic heterocycles. The van der Waals surface area contributed by atoms with E-state index in [1.165, 1.54) is 0 Å². The first-order valence-electron chi connectivity index (χ1n) is 6.15. The molecule has 1 aromatic rings. The Bertz CT molecular complexity index is 483. The summed E-state index contributed by atoms with van der Waals surface area (Å²) < 4.78 is 0. The molecule has 18 heavy (non-hydrogen) atoms. The molecule has 0 unspecified atom stereocenters. The number of hydrogen-bond donors (Lipinski definition) is 1. The number of carbonyl (C=O) groups is 1. The lowest BCUT2D eigenvalue weighted by Crippen LogP contribution is -2.28. The van der Waals surface area contributed by atoms with Gasteiger partial charge < -0.3 is 10.6 Å². The van der Waals surface area contributed by atoms with Crippen molar-refractivity contribution in [3.05, 3.63) is 34.9 Å².